The Hall–Kier alpha value is -0.190. The van der Waals surface area contributed by atoms with Crippen LogP contribution in [0.5, 0.6) is 0 Å². The SMILES string of the molecule is C#C[C@@H]1CCN1.Cl. The molecule has 0 radical (unpaired) electrons. The van der Waals surface area contributed by atoms with E-state index in [-0.39, 0.29) is 12.4 Å². The van der Waals surface area contributed by atoms with Crippen LogP contribution in [0.2, 0.25) is 0 Å². The second kappa shape index (κ2) is 2.90. The molecule has 0 bridgehead atoms. The summed E-state index contributed by atoms with van der Waals surface area (Å²) in [5.41, 5.74) is 0. The highest BCUT2D eigenvalue weighted by Gasteiger charge is 2.10. The van der Waals surface area contributed by atoms with E-state index in [0.29, 0.717) is 6.04 Å². The minimum Gasteiger partial charge on any atom is -0.304 e. The number of rotatable bonds is 0. The van der Waals surface area contributed by atoms with E-state index >= 15 is 0 Å². The van der Waals surface area contributed by atoms with Crippen molar-refractivity contribution in [1.82, 2.24) is 5.32 Å². The standard InChI is InChI=1S/C5H7N.ClH/c1-2-5-3-4-6-5;/h1,5-6H,3-4H2;1H/t5-;/m1./s1. The van der Waals surface area contributed by atoms with Crippen LogP contribution in [0.15, 0.2) is 0 Å². The summed E-state index contributed by atoms with van der Waals surface area (Å²) in [6.45, 7) is 1.11. The lowest BCUT2D eigenvalue weighted by Gasteiger charge is -2.21. The maximum Gasteiger partial charge on any atom is 0.0699 e. The summed E-state index contributed by atoms with van der Waals surface area (Å²) in [5.74, 6) is 2.59. The number of hydrogen-bond donors (Lipinski definition) is 1. The van der Waals surface area contributed by atoms with Crippen molar-refractivity contribution in [1.29, 1.82) is 0 Å². The maximum absolute atomic E-state index is 5.02. The van der Waals surface area contributed by atoms with Gasteiger partial charge in [0.15, 0.2) is 0 Å². The average molecular weight is 118 g/mol. The molecule has 0 aromatic heterocycles. The van der Waals surface area contributed by atoms with Gasteiger partial charge in [-0.3, -0.25) is 0 Å². The van der Waals surface area contributed by atoms with Crippen molar-refractivity contribution in [3.8, 4) is 12.3 Å². The predicted octanol–water partition coefficient (Wildman–Crippen LogP) is 0.403. The molecule has 2 heteroatoms. The highest BCUT2D eigenvalue weighted by atomic mass is 35.5. The highest BCUT2D eigenvalue weighted by molar-refractivity contribution is 5.85. The first kappa shape index (κ1) is 6.81. The van der Waals surface area contributed by atoms with Gasteiger partial charge in [-0.15, -0.1) is 18.8 Å². The lowest BCUT2D eigenvalue weighted by atomic mass is 10.1. The molecule has 1 aliphatic heterocycles. The van der Waals surface area contributed by atoms with Crippen molar-refractivity contribution in [2.24, 2.45) is 0 Å². The molecule has 0 aromatic carbocycles. The van der Waals surface area contributed by atoms with E-state index in [2.05, 4.69) is 11.2 Å². The zero-order valence-corrected chi connectivity index (χ0v) is 4.79. The van der Waals surface area contributed by atoms with Gasteiger partial charge in [-0.1, -0.05) is 5.92 Å². The van der Waals surface area contributed by atoms with Crippen LogP contribution in [-0.2, 0) is 0 Å². The van der Waals surface area contributed by atoms with Crippen LogP contribution >= 0.6 is 12.4 Å². The molecule has 1 saturated heterocycles. The molecule has 1 fully saturated rings. The summed E-state index contributed by atoms with van der Waals surface area (Å²) < 4.78 is 0. The van der Waals surface area contributed by atoms with Gasteiger partial charge in [0.2, 0.25) is 0 Å². The van der Waals surface area contributed by atoms with Crippen LogP contribution in [-0.4, -0.2) is 12.6 Å². The van der Waals surface area contributed by atoms with Crippen molar-refractivity contribution in [2.75, 3.05) is 6.54 Å². The van der Waals surface area contributed by atoms with Gasteiger partial charge < -0.3 is 5.32 Å². The Morgan fingerprint density at radius 2 is 2.29 bits per heavy atom. The van der Waals surface area contributed by atoms with Gasteiger partial charge in [0, 0.05) is 0 Å². The van der Waals surface area contributed by atoms with Gasteiger partial charge >= 0.3 is 0 Å². The van der Waals surface area contributed by atoms with E-state index in [0.717, 1.165) is 13.0 Å². The first-order valence-corrected chi connectivity index (χ1v) is 2.13. The van der Waals surface area contributed by atoms with Gasteiger partial charge in [-0.2, -0.15) is 0 Å². The van der Waals surface area contributed by atoms with E-state index < -0.39 is 0 Å². The molecule has 1 atom stereocenters. The molecule has 0 amide bonds. The van der Waals surface area contributed by atoms with Gasteiger partial charge in [0.25, 0.3) is 0 Å². The lowest BCUT2D eigenvalue weighted by molar-refractivity contribution is 0.449. The fourth-order valence-corrected chi connectivity index (χ4v) is 0.431. The summed E-state index contributed by atoms with van der Waals surface area (Å²) in [7, 11) is 0. The minimum absolute atomic E-state index is 0. The Morgan fingerprint density at radius 1 is 1.71 bits per heavy atom. The molecule has 40 valence electrons. The second-order valence-corrected chi connectivity index (χ2v) is 1.46. The maximum atomic E-state index is 5.02. The molecule has 0 aliphatic carbocycles. The number of halogens is 1. The normalized spacial score (nSPS) is 26.4. The quantitative estimate of drug-likeness (QED) is 0.453. The highest BCUT2D eigenvalue weighted by Crippen LogP contribution is 1.97. The van der Waals surface area contributed by atoms with Crippen molar-refractivity contribution in [3.63, 3.8) is 0 Å². The topological polar surface area (TPSA) is 12.0 Å². The summed E-state index contributed by atoms with van der Waals surface area (Å²) in [6.07, 6.45) is 6.18. The molecule has 1 aliphatic rings. The van der Waals surface area contributed by atoms with Crippen LogP contribution in [0.25, 0.3) is 0 Å². The van der Waals surface area contributed by atoms with Crippen molar-refractivity contribution < 1.29 is 0 Å². The first-order valence-electron chi connectivity index (χ1n) is 2.13. The van der Waals surface area contributed by atoms with Crippen molar-refractivity contribution in [3.05, 3.63) is 0 Å². The Morgan fingerprint density at radius 3 is 2.29 bits per heavy atom. The van der Waals surface area contributed by atoms with Crippen LogP contribution in [0.1, 0.15) is 6.42 Å². The molecule has 1 heterocycles. The van der Waals surface area contributed by atoms with E-state index in [1.807, 2.05) is 0 Å². The Balaban J connectivity index is 0.000000360. The first-order chi connectivity index (χ1) is 2.93. The monoisotopic (exact) mass is 117 g/mol. The van der Waals surface area contributed by atoms with E-state index in [1.54, 1.807) is 0 Å². The summed E-state index contributed by atoms with van der Waals surface area (Å²) in [6, 6.07) is 0.394. The third-order valence-electron chi connectivity index (χ3n) is 1.02. The Bertz CT molecular complexity index is 80.6. The molecule has 1 rings (SSSR count). The van der Waals surface area contributed by atoms with Crippen LogP contribution < -0.4 is 5.32 Å². The van der Waals surface area contributed by atoms with Gasteiger partial charge in [0.1, 0.15) is 0 Å². The molecule has 1 nitrogen and oxygen atoms in total. The van der Waals surface area contributed by atoms with E-state index in [1.165, 1.54) is 0 Å². The molecule has 0 aromatic rings. The third kappa shape index (κ3) is 1.38. The van der Waals surface area contributed by atoms with Gasteiger partial charge in [-0.25, -0.2) is 0 Å². The van der Waals surface area contributed by atoms with Crippen LogP contribution in [0.4, 0.5) is 0 Å². The summed E-state index contributed by atoms with van der Waals surface area (Å²) in [4.78, 5) is 0. The molecule has 0 spiro atoms. The summed E-state index contributed by atoms with van der Waals surface area (Å²) in [5, 5.41) is 3.06. The fourth-order valence-electron chi connectivity index (χ4n) is 0.431. The smallest absolute Gasteiger partial charge is 0.0699 e. The molecule has 1 N–H and O–H groups in total. The summed E-state index contributed by atoms with van der Waals surface area (Å²) >= 11 is 0. The zero-order chi connectivity index (χ0) is 4.41. The molecular formula is C5H8ClN. The fraction of sp³-hybridized carbons (Fsp3) is 0.600. The Kier molecular flexibility index (Phi) is 2.82. The minimum atomic E-state index is 0. The van der Waals surface area contributed by atoms with Crippen molar-refractivity contribution in [2.45, 2.75) is 12.5 Å². The van der Waals surface area contributed by atoms with Crippen LogP contribution in [0.3, 0.4) is 0 Å². The molecular weight excluding hydrogens is 110 g/mol. The van der Waals surface area contributed by atoms with Crippen molar-refractivity contribution >= 4 is 12.4 Å². The number of terminal acetylenes is 1. The zero-order valence-electron chi connectivity index (χ0n) is 3.98. The van der Waals surface area contributed by atoms with Gasteiger partial charge in [-0.05, 0) is 13.0 Å². The largest absolute Gasteiger partial charge is 0.304 e. The lowest BCUT2D eigenvalue weighted by Crippen LogP contribution is -2.41. The average Bonchev–Trinajstić information content (AvgIpc) is 1.31. The van der Waals surface area contributed by atoms with E-state index in [4.69, 9.17) is 6.42 Å². The molecule has 7 heavy (non-hydrogen) atoms. The van der Waals surface area contributed by atoms with Crippen LogP contribution in [0, 0.1) is 12.3 Å². The number of hydrogen-bond acceptors (Lipinski definition) is 1. The molecule has 0 saturated carbocycles. The number of nitrogens with one attached hydrogen (secondary N) is 1. The Labute approximate surface area is 49.9 Å². The third-order valence-corrected chi connectivity index (χ3v) is 1.02. The second-order valence-electron chi connectivity index (χ2n) is 1.46. The van der Waals surface area contributed by atoms with Gasteiger partial charge in [0.05, 0.1) is 6.04 Å². The van der Waals surface area contributed by atoms with E-state index in [9.17, 15) is 0 Å². The predicted molar refractivity (Wildman–Crippen MR) is 32.5 cm³/mol. The molecule has 0 unspecified atom stereocenters.